The second-order valence-corrected chi connectivity index (χ2v) is 4.73. The van der Waals surface area contributed by atoms with E-state index in [1.54, 1.807) is 11.0 Å². The summed E-state index contributed by atoms with van der Waals surface area (Å²) in [6.07, 6.45) is 4.04. The molecule has 94 valence electrons. The van der Waals surface area contributed by atoms with Gasteiger partial charge in [-0.2, -0.15) is 0 Å². The lowest BCUT2D eigenvalue weighted by Gasteiger charge is -2.20. The van der Waals surface area contributed by atoms with E-state index in [0.717, 1.165) is 12.8 Å². The number of hydrogen-bond donors (Lipinski definition) is 1. The van der Waals surface area contributed by atoms with Crippen LogP contribution >= 0.6 is 11.6 Å². The molecule has 1 aliphatic rings. The van der Waals surface area contributed by atoms with E-state index in [2.05, 4.69) is 0 Å². The topological polar surface area (TPSA) is 45.5 Å². The zero-order chi connectivity index (χ0) is 12.4. The Bertz CT molecular complexity index is 413. The average molecular weight is 257 g/mol. The molecule has 1 aliphatic carbocycles. The highest BCUT2D eigenvalue weighted by atomic mass is 35.5. The van der Waals surface area contributed by atoms with E-state index in [4.69, 9.17) is 16.7 Å². The first kappa shape index (κ1) is 12.5. The van der Waals surface area contributed by atoms with Gasteiger partial charge in [0, 0.05) is 25.3 Å². The van der Waals surface area contributed by atoms with Gasteiger partial charge in [-0.3, -0.25) is 4.79 Å². The summed E-state index contributed by atoms with van der Waals surface area (Å²) in [7, 11) is 0. The summed E-state index contributed by atoms with van der Waals surface area (Å²) in [5, 5.41) is 9.53. The Hall–Kier alpha value is -1.00. The predicted octanol–water partition coefficient (Wildman–Crippen LogP) is 1.93. The SMILES string of the molecule is CCN(CCO)C(=O)c1cc(Cl)cn1C1CC1. The third kappa shape index (κ3) is 2.64. The van der Waals surface area contributed by atoms with Crippen molar-refractivity contribution >= 4 is 17.5 Å². The van der Waals surface area contributed by atoms with E-state index >= 15 is 0 Å². The molecule has 0 spiro atoms. The monoisotopic (exact) mass is 256 g/mol. The number of halogens is 1. The van der Waals surface area contributed by atoms with Gasteiger partial charge in [0.1, 0.15) is 5.69 Å². The molecule has 2 rings (SSSR count). The standard InChI is InChI=1S/C12H17ClN2O2/c1-2-14(5-6-16)12(17)11-7-9(13)8-15(11)10-3-4-10/h7-8,10,16H,2-6H2,1H3. The molecule has 5 heteroatoms. The van der Waals surface area contributed by atoms with Crippen molar-refractivity contribution in [2.24, 2.45) is 0 Å². The molecule has 4 nitrogen and oxygen atoms in total. The maximum Gasteiger partial charge on any atom is 0.270 e. The van der Waals surface area contributed by atoms with E-state index < -0.39 is 0 Å². The molecule has 1 aromatic rings. The minimum Gasteiger partial charge on any atom is -0.395 e. The van der Waals surface area contributed by atoms with Crippen LogP contribution in [-0.4, -0.2) is 40.2 Å². The number of hydrogen-bond acceptors (Lipinski definition) is 2. The van der Waals surface area contributed by atoms with Gasteiger partial charge in [0.2, 0.25) is 0 Å². The van der Waals surface area contributed by atoms with Crippen molar-refractivity contribution in [1.29, 1.82) is 0 Å². The first-order chi connectivity index (χ1) is 8.17. The van der Waals surface area contributed by atoms with Crippen LogP contribution in [-0.2, 0) is 0 Å². The van der Waals surface area contributed by atoms with Crippen LogP contribution in [0.3, 0.4) is 0 Å². The number of carbonyl (C=O) groups excluding carboxylic acids is 1. The molecule has 0 bridgehead atoms. The molecule has 0 atom stereocenters. The number of aliphatic hydroxyl groups is 1. The van der Waals surface area contributed by atoms with E-state index in [0.29, 0.717) is 29.8 Å². The summed E-state index contributed by atoms with van der Waals surface area (Å²) in [5.74, 6) is -0.0552. The molecule has 1 heterocycles. The number of nitrogens with zero attached hydrogens (tertiary/aromatic N) is 2. The molecule has 0 aromatic carbocycles. The molecule has 0 unspecified atom stereocenters. The highest BCUT2D eigenvalue weighted by Gasteiger charge is 2.29. The second-order valence-electron chi connectivity index (χ2n) is 4.29. The highest BCUT2D eigenvalue weighted by molar-refractivity contribution is 6.31. The van der Waals surface area contributed by atoms with Crippen molar-refractivity contribution in [3.8, 4) is 0 Å². The fourth-order valence-corrected chi connectivity index (χ4v) is 2.17. The Labute approximate surface area is 106 Å². The summed E-state index contributed by atoms with van der Waals surface area (Å²) in [4.78, 5) is 13.9. The zero-order valence-electron chi connectivity index (χ0n) is 9.90. The lowest BCUT2D eigenvalue weighted by molar-refractivity contribution is 0.0721. The Morgan fingerprint density at radius 1 is 1.65 bits per heavy atom. The van der Waals surface area contributed by atoms with Crippen LogP contribution in [0.1, 0.15) is 36.3 Å². The minimum absolute atomic E-state index is 0.0164. The zero-order valence-corrected chi connectivity index (χ0v) is 10.7. The second kappa shape index (κ2) is 5.10. The molecule has 1 aromatic heterocycles. The molecule has 0 aliphatic heterocycles. The van der Waals surface area contributed by atoms with Crippen molar-refractivity contribution in [1.82, 2.24) is 9.47 Å². The summed E-state index contributed by atoms with van der Waals surface area (Å²) in [6, 6.07) is 2.14. The summed E-state index contributed by atoms with van der Waals surface area (Å²) in [6.45, 7) is 2.84. The normalized spacial score (nSPS) is 15.0. The van der Waals surface area contributed by atoms with E-state index in [1.165, 1.54) is 0 Å². The van der Waals surface area contributed by atoms with E-state index in [9.17, 15) is 4.79 Å². The van der Waals surface area contributed by atoms with Gasteiger partial charge in [0.25, 0.3) is 5.91 Å². The van der Waals surface area contributed by atoms with Crippen molar-refractivity contribution in [3.63, 3.8) is 0 Å². The molecule has 1 saturated carbocycles. The van der Waals surface area contributed by atoms with E-state index in [1.807, 2.05) is 17.7 Å². The number of aromatic nitrogens is 1. The number of amides is 1. The molecular weight excluding hydrogens is 240 g/mol. The Balaban J connectivity index is 2.22. The summed E-state index contributed by atoms with van der Waals surface area (Å²) >= 11 is 5.97. The van der Waals surface area contributed by atoms with Gasteiger partial charge in [-0.25, -0.2) is 0 Å². The third-order valence-electron chi connectivity index (χ3n) is 3.01. The molecule has 1 N–H and O–H groups in total. The average Bonchev–Trinajstić information content (AvgIpc) is 3.08. The lowest BCUT2D eigenvalue weighted by atomic mass is 10.3. The molecule has 1 fully saturated rings. The Morgan fingerprint density at radius 3 is 2.88 bits per heavy atom. The van der Waals surface area contributed by atoms with Crippen LogP contribution < -0.4 is 0 Å². The molecule has 17 heavy (non-hydrogen) atoms. The Morgan fingerprint density at radius 2 is 2.35 bits per heavy atom. The molecule has 0 saturated heterocycles. The summed E-state index contributed by atoms with van der Waals surface area (Å²) in [5.41, 5.74) is 0.632. The quantitative estimate of drug-likeness (QED) is 0.875. The van der Waals surface area contributed by atoms with Gasteiger partial charge in [-0.05, 0) is 25.8 Å². The number of aliphatic hydroxyl groups excluding tert-OH is 1. The van der Waals surface area contributed by atoms with Crippen LogP contribution in [0.25, 0.3) is 0 Å². The largest absolute Gasteiger partial charge is 0.395 e. The molecule has 1 amide bonds. The predicted molar refractivity (Wildman–Crippen MR) is 66.4 cm³/mol. The summed E-state index contributed by atoms with van der Waals surface area (Å²) < 4.78 is 1.96. The van der Waals surface area contributed by atoms with Crippen molar-refractivity contribution < 1.29 is 9.90 Å². The molecule has 0 radical (unpaired) electrons. The first-order valence-corrected chi connectivity index (χ1v) is 6.32. The van der Waals surface area contributed by atoms with Crippen LogP contribution in [0.4, 0.5) is 0 Å². The number of carbonyl (C=O) groups is 1. The number of likely N-dealkylation sites (N-methyl/N-ethyl adjacent to an activating group) is 1. The van der Waals surface area contributed by atoms with Crippen molar-refractivity contribution in [2.45, 2.75) is 25.8 Å². The molecular formula is C12H17ClN2O2. The minimum atomic E-state index is -0.0552. The fourth-order valence-electron chi connectivity index (χ4n) is 1.96. The van der Waals surface area contributed by atoms with Crippen LogP contribution in [0, 0.1) is 0 Å². The maximum absolute atomic E-state index is 12.3. The van der Waals surface area contributed by atoms with Gasteiger partial charge in [0.15, 0.2) is 0 Å². The van der Waals surface area contributed by atoms with Crippen LogP contribution in [0.5, 0.6) is 0 Å². The fraction of sp³-hybridized carbons (Fsp3) is 0.583. The third-order valence-corrected chi connectivity index (χ3v) is 3.22. The first-order valence-electron chi connectivity index (χ1n) is 5.95. The Kier molecular flexibility index (Phi) is 3.74. The van der Waals surface area contributed by atoms with Crippen molar-refractivity contribution in [3.05, 3.63) is 23.0 Å². The number of rotatable bonds is 5. The van der Waals surface area contributed by atoms with Crippen LogP contribution in [0.15, 0.2) is 12.3 Å². The van der Waals surface area contributed by atoms with E-state index in [-0.39, 0.29) is 12.5 Å². The maximum atomic E-state index is 12.3. The van der Waals surface area contributed by atoms with Crippen LogP contribution in [0.2, 0.25) is 5.02 Å². The smallest absolute Gasteiger partial charge is 0.270 e. The van der Waals surface area contributed by atoms with Gasteiger partial charge in [-0.15, -0.1) is 0 Å². The lowest BCUT2D eigenvalue weighted by Crippen LogP contribution is -2.34. The van der Waals surface area contributed by atoms with Crippen molar-refractivity contribution in [2.75, 3.05) is 19.7 Å². The highest BCUT2D eigenvalue weighted by Crippen LogP contribution is 2.37. The van der Waals surface area contributed by atoms with Gasteiger partial charge in [-0.1, -0.05) is 11.6 Å². The van der Waals surface area contributed by atoms with Gasteiger partial charge < -0.3 is 14.6 Å². The van der Waals surface area contributed by atoms with Gasteiger partial charge in [0.05, 0.1) is 11.6 Å². The van der Waals surface area contributed by atoms with Gasteiger partial charge >= 0.3 is 0 Å².